The summed E-state index contributed by atoms with van der Waals surface area (Å²) in [7, 11) is 2.08. The Bertz CT molecular complexity index is 347. The number of rotatable bonds is 2. The highest BCUT2D eigenvalue weighted by atomic mass is 16.2. The largest absolute Gasteiger partial charge is 0.341 e. The minimum Gasteiger partial charge on any atom is -0.341 e. The van der Waals surface area contributed by atoms with Gasteiger partial charge in [-0.2, -0.15) is 0 Å². The van der Waals surface area contributed by atoms with Crippen LogP contribution in [-0.2, 0) is 4.79 Å². The van der Waals surface area contributed by atoms with E-state index in [9.17, 15) is 4.79 Å². The van der Waals surface area contributed by atoms with Gasteiger partial charge in [-0.3, -0.25) is 4.79 Å². The van der Waals surface area contributed by atoms with E-state index in [-0.39, 0.29) is 6.04 Å². The third-order valence-electron chi connectivity index (χ3n) is 6.33. The Morgan fingerprint density at radius 2 is 1.68 bits per heavy atom. The van der Waals surface area contributed by atoms with Gasteiger partial charge in [0.05, 0.1) is 6.04 Å². The zero-order valence-corrected chi connectivity index (χ0v) is 12.0. The summed E-state index contributed by atoms with van der Waals surface area (Å²) in [4.78, 5) is 14.8. The molecule has 0 spiro atoms. The van der Waals surface area contributed by atoms with Crippen molar-refractivity contribution in [3.63, 3.8) is 0 Å². The van der Waals surface area contributed by atoms with Crippen molar-refractivity contribution >= 4 is 5.91 Å². The van der Waals surface area contributed by atoms with E-state index in [1.165, 1.54) is 32.1 Å². The Labute approximate surface area is 116 Å². The second-order valence-electron chi connectivity index (χ2n) is 7.52. The van der Waals surface area contributed by atoms with Crippen LogP contribution in [0.2, 0.25) is 0 Å². The van der Waals surface area contributed by atoms with Gasteiger partial charge in [0, 0.05) is 13.1 Å². The Morgan fingerprint density at radius 1 is 1.05 bits per heavy atom. The standard InChI is InChI=1S/C16H26N2O/c1-18(16(19)14-3-2-4-17-14)15-12-6-10-5-11(8-12)9-13(15)7-10/h10-15,17H,2-9H2,1H3. The quantitative estimate of drug-likeness (QED) is 0.826. The summed E-state index contributed by atoms with van der Waals surface area (Å²) in [5.74, 6) is 3.98. The summed E-state index contributed by atoms with van der Waals surface area (Å²) in [5.41, 5.74) is 0. The van der Waals surface area contributed by atoms with Gasteiger partial charge in [0.15, 0.2) is 0 Å². The van der Waals surface area contributed by atoms with Gasteiger partial charge in [-0.1, -0.05) is 0 Å². The van der Waals surface area contributed by atoms with Crippen LogP contribution in [0.4, 0.5) is 0 Å². The van der Waals surface area contributed by atoms with Gasteiger partial charge in [0.2, 0.25) is 5.91 Å². The maximum absolute atomic E-state index is 12.6. The Hall–Kier alpha value is -0.570. The summed E-state index contributed by atoms with van der Waals surface area (Å²) in [6, 6.07) is 0.671. The summed E-state index contributed by atoms with van der Waals surface area (Å²) < 4.78 is 0. The van der Waals surface area contributed by atoms with Crippen molar-refractivity contribution in [2.75, 3.05) is 13.6 Å². The Balaban J connectivity index is 1.50. The van der Waals surface area contributed by atoms with Crippen LogP contribution in [0.25, 0.3) is 0 Å². The van der Waals surface area contributed by atoms with E-state index in [4.69, 9.17) is 0 Å². The predicted molar refractivity (Wildman–Crippen MR) is 74.6 cm³/mol. The van der Waals surface area contributed by atoms with E-state index < -0.39 is 0 Å². The third-order valence-corrected chi connectivity index (χ3v) is 6.33. The molecule has 1 heterocycles. The molecule has 1 N–H and O–H groups in total. The number of likely N-dealkylation sites (N-methyl/N-ethyl adjacent to an activating group) is 1. The van der Waals surface area contributed by atoms with Crippen LogP contribution in [0, 0.1) is 23.7 Å². The number of hydrogen-bond donors (Lipinski definition) is 1. The number of carbonyl (C=O) groups excluding carboxylic acids is 1. The summed E-state index contributed by atoms with van der Waals surface area (Å²) in [6.45, 7) is 1.02. The first-order valence-electron chi connectivity index (χ1n) is 8.22. The molecule has 4 aliphatic carbocycles. The molecule has 1 aliphatic heterocycles. The van der Waals surface area contributed by atoms with E-state index in [0.717, 1.165) is 43.1 Å². The molecule has 1 unspecified atom stereocenters. The van der Waals surface area contributed by atoms with E-state index in [0.29, 0.717) is 11.9 Å². The number of carbonyl (C=O) groups is 1. The maximum atomic E-state index is 12.6. The Kier molecular flexibility index (Phi) is 2.87. The maximum Gasteiger partial charge on any atom is 0.239 e. The second-order valence-corrected chi connectivity index (χ2v) is 7.52. The van der Waals surface area contributed by atoms with Crippen molar-refractivity contribution in [2.45, 2.75) is 57.0 Å². The zero-order chi connectivity index (χ0) is 13.0. The molecule has 4 saturated carbocycles. The van der Waals surface area contributed by atoms with Crippen molar-refractivity contribution in [2.24, 2.45) is 23.7 Å². The molecule has 0 aromatic carbocycles. The number of amides is 1. The van der Waals surface area contributed by atoms with Gasteiger partial charge >= 0.3 is 0 Å². The van der Waals surface area contributed by atoms with Crippen molar-refractivity contribution in [3.8, 4) is 0 Å². The molecule has 5 rings (SSSR count). The lowest BCUT2D eigenvalue weighted by Gasteiger charge is -2.56. The van der Waals surface area contributed by atoms with Crippen molar-refractivity contribution < 1.29 is 4.79 Å². The fourth-order valence-corrected chi connectivity index (χ4v) is 5.82. The van der Waals surface area contributed by atoms with Gasteiger partial charge in [0.25, 0.3) is 0 Å². The lowest BCUT2D eigenvalue weighted by atomic mass is 9.54. The molecule has 5 fully saturated rings. The van der Waals surface area contributed by atoms with Crippen LogP contribution in [0.5, 0.6) is 0 Å². The SMILES string of the molecule is CN(C(=O)C1CCCN1)C1C2CC3CC(C2)CC1C3. The predicted octanol–water partition coefficient (Wildman–Crippen LogP) is 2.02. The fraction of sp³-hybridized carbons (Fsp3) is 0.938. The number of hydrogen-bond acceptors (Lipinski definition) is 2. The number of nitrogens with zero attached hydrogens (tertiary/aromatic N) is 1. The molecule has 1 atom stereocenters. The second kappa shape index (κ2) is 4.47. The molecule has 1 amide bonds. The van der Waals surface area contributed by atoms with Crippen LogP contribution in [0.3, 0.4) is 0 Å². The molecule has 3 heteroatoms. The molecular weight excluding hydrogens is 236 g/mol. The van der Waals surface area contributed by atoms with Gasteiger partial charge in [-0.05, 0) is 75.2 Å². The molecule has 1 saturated heterocycles. The molecule has 5 aliphatic rings. The smallest absolute Gasteiger partial charge is 0.239 e. The highest BCUT2D eigenvalue weighted by molar-refractivity contribution is 5.82. The average Bonchev–Trinajstić information content (AvgIpc) is 2.90. The first kappa shape index (κ1) is 12.2. The molecular formula is C16H26N2O. The van der Waals surface area contributed by atoms with Crippen molar-refractivity contribution in [3.05, 3.63) is 0 Å². The van der Waals surface area contributed by atoms with Gasteiger partial charge in [-0.15, -0.1) is 0 Å². The van der Waals surface area contributed by atoms with Crippen LogP contribution in [-0.4, -0.2) is 36.5 Å². The fourth-order valence-electron chi connectivity index (χ4n) is 5.82. The first-order valence-corrected chi connectivity index (χ1v) is 8.22. The highest BCUT2D eigenvalue weighted by Crippen LogP contribution is 2.55. The zero-order valence-electron chi connectivity index (χ0n) is 12.0. The monoisotopic (exact) mass is 262 g/mol. The topological polar surface area (TPSA) is 32.3 Å². The molecule has 0 radical (unpaired) electrons. The normalized spacial score (nSPS) is 47.6. The van der Waals surface area contributed by atoms with Gasteiger partial charge in [0.1, 0.15) is 0 Å². The minimum atomic E-state index is 0.113. The highest BCUT2D eigenvalue weighted by Gasteiger charge is 2.50. The molecule has 0 aromatic rings. The van der Waals surface area contributed by atoms with Gasteiger partial charge < -0.3 is 10.2 Å². The molecule has 19 heavy (non-hydrogen) atoms. The van der Waals surface area contributed by atoms with Crippen LogP contribution >= 0.6 is 0 Å². The van der Waals surface area contributed by atoms with Crippen LogP contribution in [0.1, 0.15) is 44.9 Å². The summed E-state index contributed by atoms with van der Waals surface area (Å²) in [5, 5.41) is 3.37. The summed E-state index contributed by atoms with van der Waals surface area (Å²) >= 11 is 0. The lowest BCUT2D eigenvalue weighted by Crippen LogP contribution is -2.58. The molecule has 106 valence electrons. The minimum absolute atomic E-state index is 0.113. The van der Waals surface area contributed by atoms with Gasteiger partial charge in [-0.25, -0.2) is 0 Å². The van der Waals surface area contributed by atoms with E-state index in [1.54, 1.807) is 0 Å². The summed E-state index contributed by atoms with van der Waals surface area (Å²) in [6.07, 6.45) is 9.27. The van der Waals surface area contributed by atoms with Crippen molar-refractivity contribution in [1.82, 2.24) is 10.2 Å². The first-order chi connectivity index (χ1) is 9.22. The number of nitrogens with one attached hydrogen (secondary N) is 1. The molecule has 4 bridgehead atoms. The molecule has 0 aromatic heterocycles. The average molecular weight is 262 g/mol. The van der Waals surface area contributed by atoms with E-state index in [1.807, 2.05) is 0 Å². The Morgan fingerprint density at radius 3 is 2.21 bits per heavy atom. The lowest BCUT2D eigenvalue weighted by molar-refractivity contribution is -0.143. The van der Waals surface area contributed by atoms with Crippen LogP contribution in [0.15, 0.2) is 0 Å². The molecule has 3 nitrogen and oxygen atoms in total. The van der Waals surface area contributed by atoms with E-state index >= 15 is 0 Å². The van der Waals surface area contributed by atoms with Crippen molar-refractivity contribution in [1.29, 1.82) is 0 Å². The third kappa shape index (κ3) is 1.93. The van der Waals surface area contributed by atoms with Crippen LogP contribution < -0.4 is 5.32 Å². The van der Waals surface area contributed by atoms with E-state index in [2.05, 4.69) is 17.3 Å².